The van der Waals surface area contributed by atoms with Gasteiger partial charge in [-0.1, -0.05) is 5.21 Å². The van der Waals surface area contributed by atoms with Crippen LogP contribution < -0.4 is 5.73 Å². The molecule has 1 aliphatic heterocycles. The van der Waals surface area contributed by atoms with E-state index in [4.69, 9.17) is 10.5 Å². The van der Waals surface area contributed by atoms with Crippen LogP contribution in [0.4, 0.5) is 0 Å². The molecule has 0 bridgehead atoms. The number of nitrogens with two attached hydrogens (primary N) is 1. The van der Waals surface area contributed by atoms with Crippen LogP contribution in [0, 0.1) is 5.92 Å². The van der Waals surface area contributed by atoms with Gasteiger partial charge in [-0.25, -0.2) is 4.68 Å². The molecule has 1 atom stereocenters. The lowest BCUT2D eigenvalue weighted by molar-refractivity contribution is 0.0926. The second-order valence-electron chi connectivity index (χ2n) is 5.49. The molecule has 3 rings (SSSR count). The molecule has 2 N–H and O–H groups in total. The third-order valence-electron chi connectivity index (χ3n) is 3.88. The summed E-state index contributed by atoms with van der Waals surface area (Å²) in [6, 6.07) is 0. The molecule has 1 saturated heterocycles. The first-order valence-electron chi connectivity index (χ1n) is 7.09. The summed E-state index contributed by atoms with van der Waals surface area (Å²) in [6.45, 7) is 2.41. The average molecular weight is 250 g/mol. The number of hydrogen-bond acceptors (Lipinski definition) is 4. The molecule has 2 fully saturated rings. The molecule has 1 aliphatic carbocycles. The molecular weight excluding hydrogens is 228 g/mol. The highest BCUT2D eigenvalue weighted by Crippen LogP contribution is 2.33. The van der Waals surface area contributed by atoms with Crippen LogP contribution in [-0.2, 0) is 24.1 Å². The minimum Gasteiger partial charge on any atom is -0.376 e. The molecule has 5 nitrogen and oxygen atoms in total. The number of ether oxygens (including phenoxy) is 1. The van der Waals surface area contributed by atoms with Gasteiger partial charge in [0.05, 0.1) is 24.0 Å². The maximum absolute atomic E-state index is 5.69. The minimum atomic E-state index is 0.329. The van der Waals surface area contributed by atoms with Crippen molar-refractivity contribution in [2.24, 2.45) is 11.7 Å². The van der Waals surface area contributed by atoms with E-state index in [0.717, 1.165) is 44.0 Å². The van der Waals surface area contributed by atoms with Gasteiger partial charge in [0.2, 0.25) is 0 Å². The van der Waals surface area contributed by atoms with E-state index in [2.05, 4.69) is 15.0 Å². The number of nitrogens with zero attached hydrogens (tertiary/aromatic N) is 3. The van der Waals surface area contributed by atoms with Gasteiger partial charge in [0.15, 0.2) is 0 Å². The van der Waals surface area contributed by atoms with Gasteiger partial charge in [0, 0.05) is 13.0 Å². The van der Waals surface area contributed by atoms with E-state index >= 15 is 0 Å². The maximum atomic E-state index is 5.69. The second-order valence-corrected chi connectivity index (χ2v) is 5.49. The standard InChI is InChI=1S/C13H22N4O/c14-6-5-12-13(8-10-3-4-10)17(16-15-12)9-11-2-1-7-18-11/h10-11H,1-9,14H2. The maximum Gasteiger partial charge on any atom is 0.0871 e. The lowest BCUT2D eigenvalue weighted by Crippen LogP contribution is -2.19. The SMILES string of the molecule is NCCc1nnn(CC2CCCO2)c1CC1CC1. The molecule has 100 valence electrons. The molecule has 2 aliphatic rings. The molecule has 1 saturated carbocycles. The van der Waals surface area contributed by atoms with Crippen LogP contribution in [0.15, 0.2) is 0 Å². The Morgan fingerprint density at radius 2 is 2.22 bits per heavy atom. The normalized spacial score (nSPS) is 23.7. The molecule has 18 heavy (non-hydrogen) atoms. The fraction of sp³-hybridized carbons (Fsp3) is 0.846. The van der Waals surface area contributed by atoms with Crippen molar-refractivity contribution in [1.82, 2.24) is 15.0 Å². The third-order valence-corrected chi connectivity index (χ3v) is 3.88. The number of rotatable bonds is 6. The van der Waals surface area contributed by atoms with Crippen LogP contribution in [0.5, 0.6) is 0 Å². The van der Waals surface area contributed by atoms with Crippen LogP contribution >= 0.6 is 0 Å². The summed E-state index contributed by atoms with van der Waals surface area (Å²) < 4.78 is 7.76. The van der Waals surface area contributed by atoms with E-state index in [1.807, 2.05) is 0 Å². The van der Waals surface area contributed by atoms with E-state index in [1.54, 1.807) is 0 Å². The fourth-order valence-corrected chi connectivity index (χ4v) is 2.65. The summed E-state index contributed by atoms with van der Waals surface area (Å²) in [6.07, 6.45) is 7.32. The molecule has 0 radical (unpaired) electrons. The largest absolute Gasteiger partial charge is 0.376 e. The number of hydrogen-bond donors (Lipinski definition) is 1. The van der Waals surface area contributed by atoms with Crippen LogP contribution in [-0.4, -0.2) is 34.2 Å². The Labute approximate surface area is 108 Å². The first-order chi connectivity index (χ1) is 8.86. The highest BCUT2D eigenvalue weighted by atomic mass is 16.5. The molecule has 0 aromatic carbocycles. The Morgan fingerprint density at radius 1 is 1.33 bits per heavy atom. The monoisotopic (exact) mass is 250 g/mol. The van der Waals surface area contributed by atoms with Gasteiger partial charge in [0.1, 0.15) is 0 Å². The first kappa shape index (κ1) is 12.1. The van der Waals surface area contributed by atoms with Crippen molar-refractivity contribution in [3.05, 3.63) is 11.4 Å². The summed E-state index contributed by atoms with van der Waals surface area (Å²) in [5.74, 6) is 0.850. The van der Waals surface area contributed by atoms with E-state index in [9.17, 15) is 0 Å². The number of aromatic nitrogens is 3. The minimum absolute atomic E-state index is 0.329. The van der Waals surface area contributed by atoms with Crippen molar-refractivity contribution in [3.63, 3.8) is 0 Å². The van der Waals surface area contributed by atoms with Crippen molar-refractivity contribution < 1.29 is 4.74 Å². The van der Waals surface area contributed by atoms with E-state index in [0.29, 0.717) is 12.6 Å². The summed E-state index contributed by atoms with van der Waals surface area (Å²) in [4.78, 5) is 0. The summed E-state index contributed by atoms with van der Waals surface area (Å²) in [5.41, 5.74) is 8.05. The summed E-state index contributed by atoms with van der Waals surface area (Å²) in [5, 5.41) is 8.62. The summed E-state index contributed by atoms with van der Waals surface area (Å²) >= 11 is 0. The molecule has 1 aromatic rings. The lowest BCUT2D eigenvalue weighted by atomic mass is 10.1. The smallest absolute Gasteiger partial charge is 0.0871 e. The molecule has 2 heterocycles. The van der Waals surface area contributed by atoms with Gasteiger partial charge < -0.3 is 10.5 Å². The topological polar surface area (TPSA) is 66.0 Å². The zero-order valence-electron chi connectivity index (χ0n) is 10.8. The Hall–Kier alpha value is -0.940. The zero-order valence-corrected chi connectivity index (χ0v) is 10.8. The van der Waals surface area contributed by atoms with E-state index < -0.39 is 0 Å². The van der Waals surface area contributed by atoms with Gasteiger partial charge in [0.25, 0.3) is 0 Å². The molecule has 0 spiro atoms. The van der Waals surface area contributed by atoms with Crippen LogP contribution in [0.2, 0.25) is 0 Å². The van der Waals surface area contributed by atoms with Gasteiger partial charge in [-0.15, -0.1) is 5.10 Å². The molecule has 0 amide bonds. The zero-order chi connectivity index (χ0) is 12.4. The highest BCUT2D eigenvalue weighted by Gasteiger charge is 2.27. The molecule has 5 heteroatoms. The van der Waals surface area contributed by atoms with Crippen molar-refractivity contribution in [3.8, 4) is 0 Å². The van der Waals surface area contributed by atoms with E-state index in [1.165, 1.54) is 25.0 Å². The van der Waals surface area contributed by atoms with Gasteiger partial charge >= 0.3 is 0 Å². The summed E-state index contributed by atoms with van der Waals surface area (Å²) in [7, 11) is 0. The van der Waals surface area contributed by atoms with Gasteiger partial charge in [-0.05, 0) is 44.6 Å². The molecule has 1 aromatic heterocycles. The quantitative estimate of drug-likeness (QED) is 0.815. The Bertz CT molecular complexity index is 394. The molecular formula is C13H22N4O. The van der Waals surface area contributed by atoms with Crippen LogP contribution in [0.3, 0.4) is 0 Å². The lowest BCUT2D eigenvalue weighted by Gasteiger charge is -2.12. The van der Waals surface area contributed by atoms with Gasteiger partial charge in [-0.3, -0.25) is 0 Å². The van der Waals surface area contributed by atoms with Crippen LogP contribution in [0.1, 0.15) is 37.1 Å². The Morgan fingerprint density at radius 3 is 2.89 bits per heavy atom. The van der Waals surface area contributed by atoms with Gasteiger partial charge in [-0.2, -0.15) is 0 Å². The Balaban J connectivity index is 1.73. The predicted octanol–water partition coefficient (Wildman–Crippen LogP) is 0.911. The fourth-order valence-electron chi connectivity index (χ4n) is 2.65. The first-order valence-corrected chi connectivity index (χ1v) is 7.09. The van der Waals surface area contributed by atoms with Crippen molar-refractivity contribution >= 4 is 0 Å². The molecule has 1 unspecified atom stereocenters. The van der Waals surface area contributed by atoms with Crippen molar-refractivity contribution in [2.45, 2.75) is 51.2 Å². The highest BCUT2D eigenvalue weighted by molar-refractivity contribution is 5.13. The third kappa shape index (κ3) is 2.72. The predicted molar refractivity (Wildman–Crippen MR) is 68.2 cm³/mol. The van der Waals surface area contributed by atoms with E-state index in [-0.39, 0.29) is 0 Å². The Kier molecular flexibility index (Phi) is 3.61. The second kappa shape index (κ2) is 5.36. The average Bonchev–Trinajstić information content (AvgIpc) is 2.90. The van der Waals surface area contributed by atoms with Crippen molar-refractivity contribution in [1.29, 1.82) is 0 Å². The van der Waals surface area contributed by atoms with Crippen molar-refractivity contribution in [2.75, 3.05) is 13.2 Å². The van der Waals surface area contributed by atoms with Crippen LogP contribution in [0.25, 0.3) is 0 Å².